The summed E-state index contributed by atoms with van der Waals surface area (Å²) in [6.07, 6.45) is 6.70. The van der Waals surface area contributed by atoms with Crippen molar-refractivity contribution in [2.45, 2.75) is 12.8 Å². The molecule has 8 aromatic carbocycles. The first-order chi connectivity index (χ1) is 28.3. The van der Waals surface area contributed by atoms with Crippen LogP contribution in [0, 0.1) is 0 Å². The van der Waals surface area contributed by atoms with Gasteiger partial charge in [-0.25, -0.2) is 0 Å². The third kappa shape index (κ3) is 4.99. The Balaban J connectivity index is 1.03. The van der Waals surface area contributed by atoms with Crippen LogP contribution in [-0.4, -0.2) is 9.13 Å². The van der Waals surface area contributed by atoms with Gasteiger partial charge in [-0.1, -0.05) is 133 Å². The van der Waals surface area contributed by atoms with Crippen LogP contribution >= 0.6 is 0 Å². The van der Waals surface area contributed by atoms with E-state index in [1.165, 1.54) is 72.0 Å². The summed E-state index contributed by atoms with van der Waals surface area (Å²) in [6.45, 7) is 0. The zero-order valence-corrected chi connectivity index (χ0v) is 31.2. The lowest BCUT2D eigenvalue weighted by Gasteiger charge is -2.17. The molecule has 0 N–H and O–H groups in total. The lowest BCUT2D eigenvalue weighted by atomic mass is 9.97. The largest absolute Gasteiger partial charge is 0.454 e. The van der Waals surface area contributed by atoms with E-state index in [2.05, 4.69) is 197 Å². The smallest absolute Gasteiger partial charge is 0.159 e. The van der Waals surface area contributed by atoms with E-state index in [9.17, 15) is 0 Å². The van der Waals surface area contributed by atoms with Crippen molar-refractivity contribution < 1.29 is 4.42 Å². The number of para-hydroxylation sites is 3. The molecule has 0 radical (unpaired) electrons. The molecular formula is C54H36N2O. The normalized spacial score (nSPS) is 12.7. The number of benzene rings is 8. The molecule has 0 atom stereocenters. The number of hydrogen-bond donors (Lipinski definition) is 0. The third-order valence-corrected chi connectivity index (χ3v) is 12.0. The molecule has 0 bridgehead atoms. The first kappa shape index (κ1) is 31.9. The standard InChI is InChI=1S/C54H36N2O/c1-3-14-35(15-4-1)39-30-40(36-16-5-2-6-17-36)32-41(31-39)55-48-22-10-7-18-42(48)46-33-37(26-28-50(46)55)38-27-29-51-47(34-38)43-19-8-11-23-49(43)56(51)52-24-13-21-45-44-20-9-12-25-53(44)57-54(45)52/h1-9,11-21,23-34H,10,22H2. The van der Waals surface area contributed by atoms with Gasteiger partial charge in [-0.05, 0) is 107 Å². The molecule has 0 unspecified atom stereocenters. The molecule has 3 aromatic heterocycles. The molecule has 3 heterocycles. The molecule has 12 rings (SSSR count). The molecule has 57 heavy (non-hydrogen) atoms. The first-order valence-corrected chi connectivity index (χ1v) is 19.8. The molecule has 0 aliphatic heterocycles. The van der Waals surface area contributed by atoms with Crippen LogP contribution in [0.5, 0.6) is 0 Å². The number of rotatable bonds is 5. The molecule has 3 heteroatoms. The van der Waals surface area contributed by atoms with Gasteiger partial charge < -0.3 is 13.6 Å². The van der Waals surface area contributed by atoms with Crippen LogP contribution in [0.1, 0.15) is 17.7 Å². The van der Waals surface area contributed by atoms with Gasteiger partial charge in [0.15, 0.2) is 5.58 Å². The summed E-state index contributed by atoms with van der Waals surface area (Å²) in [5, 5.41) is 6.00. The number of fused-ring (bicyclic) bond motifs is 9. The molecule has 0 saturated heterocycles. The van der Waals surface area contributed by atoms with Crippen LogP contribution < -0.4 is 0 Å². The number of nitrogens with zero attached hydrogens (tertiary/aromatic N) is 2. The second-order valence-electron chi connectivity index (χ2n) is 15.2. The molecular weight excluding hydrogens is 693 g/mol. The van der Waals surface area contributed by atoms with Crippen molar-refractivity contribution in [3.63, 3.8) is 0 Å². The molecule has 0 saturated carbocycles. The van der Waals surface area contributed by atoms with Gasteiger partial charge in [-0.3, -0.25) is 0 Å². The van der Waals surface area contributed by atoms with Crippen molar-refractivity contribution in [2.24, 2.45) is 0 Å². The van der Waals surface area contributed by atoms with Crippen LogP contribution in [0.3, 0.4) is 0 Å². The molecule has 1 aliphatic carbocycles. The average Bonchev–Trinajstić information content (AvgIpc) is 3.94. The Kier molecular flexibility index (Phi) is 7.05. The number of hydrogen-bond acceptors (Lipinski definition) is 1. The summed E-state index contributed by atoms with van der Waals surface area (Å²) in [4.78, 5) is 0. The van der Waals surface area contributed by atoms with Crippen molar-refractivity contribution in [2.75, 3.05) is 0 Å². The predicted molar refractivity (Wildman–Crippen MR) is 239 cm³/mol. The minimum absolute atomic E-state index is 0.906. The lowest BCUT2D eigenvalue weighted by Crippen LogP contribution is -2.03. The Morgan fingerprint density at radius 3 is 1.77 bits per heavy atom. The van der Waals surface area contributed by atoms with Gasteiger partial charge in [-0.2, -0.15) is 0 Å². The minimum atomic E-state index is 0.906. The maximum absolute atomic E-state index is 6.55. The second kappa shape index (κ2) is 12.6. The maximum Gasteiger partial charge on any atom is 0.159 e. The van der Waals surface area contributed by atoms with Gasteiger partial charge in [0.1, 0.15) is 5.58 Å². The Labute approximate surface area is 330 Å². The van der Waals surface area contributed by atoms with Gasteiger partial charge in [0.2, 0.25) is 0 Å². The van der Waals surface area contributed by atoms with Crippen molar-refractivity contribution in [1.82, 2.24) is 9.13 Å². The maximum atomic E-state index is 6.55. The highest BCUT2D eigenvalue weighted by atomic mass is 16.3. The molecule has 0 fully saturated rings. The molecule has 0 amide bonds. The Hall–Kier alpha value is -7.36. The van der Waals surface area contributed by atoms with Gasteiger partial charge in [-0.15, -0.1) is 0 Å². The fraction of sp³-hybridized carbons (Fsp3) is 0.0370. The van der Waals surface area contributed by atoms with Crippen LogP contribution in [0.2, 0.25) is 0 Å². The van der Waals surface area contributed by atoms with Crippen LogP contribution in [0.25, 0.3) is 105 Å². The van der Waals surface area contributed by atoms with E-state index in [4.69, 9.17) is 4.42 Å². The molecule has 11 aromatic rings. The number of aromatic nitrogens is 2. The highest BCUT2D eigenvalue weighted by Crippen LogP contribution is 2.42. The Morgan fingerprint density at radius 2 is 1.02 bits per heavy atom. The van der Waals surface area contributed by atoms with Gasteiger partial charge in [0.25, 0.3) is 0 Å². The van der Waals surface area contributed by atoms with E-state index in [0.29, 0.717) is 0 Å². The van der Waals surface area contributed by atoms with Gasteiger partial charge >= 0.3 is 0 Å². The van der Waals surface area contributed by atoms with E-state index in [-0.39, 0.29) is 0 Å². The quantitative estimate of drug-likeness (QED) is 0.173. The topological polar surface area (TPSA) is 23.0 Å². The summed E-state index contributed by atoms with van der Waals surface area (Å²) in [7, 11) is 0. The van der Waals surface area contributed by atoms with Crippen molar-refractivity contribution in [3.8, 4) is 44.8 Å². The third-order valence-electron chi connectivity index (χ3n) is 12.0. The summed E-state index contributed by atoms with van der Waals surface area (Å²) >= 11 is 0. The van der Waals surface area contributed by atoms with E-state index in [1.54, 1.807) is 0 Å². The second-order valence-corrected chi connectivity index (χ2v) is 15.2. The van der Waals surface area contributed by atoms with E-state index in [1.807, 2.05) is 6.07 Å². The monoisotopic (exact) mass is 728 g/mol. The van der Waals surface area contributed by atoms with Gasteiger partial charge in [0.05, 0.1) is 22.2 Å². The van der Waals surface area contributed by atoms with E-state index < -0.39 is 0 Å². The Bertz CT molecular complexity index is 3340. The molecule has 0 spiro atoms. The first-order valence-electron chi connectivity index (χ1n) is 19.8. The molecule has 3 nitrogen and oxygen atoms in total. The van der Waals surface area contributed by atoms with Crippen LogP contribution in [0.15, 0.2) is 192 Å². The summed E-state index contributed by atoms with van der Waals surface area (Å²) in [5.74, 6) is 0. The molecule has 268 valence electrons. The van der Waals surface area contributed by atoms with Gasteiger partial charge in [0, 0.05) is 43.9 Å². The SMILES string of the molecule is C1=Cc2c(n(-c3cc(-c4ccccc4)cc(-c4ccccc4)c3)c3ccc(-c4ccc5c(c4)c4ccccc4n5-c4cccc5c4oc4ccccc45)cc23)CC1. The van der Waals surface area contributed by atoms with E-state index in [0.717, 1.165) is 51.5 Å². The lowest BCUT2D eigenvalue weighted by molar-refractivity contribution is 0.666. The fourth-order valence-electron chi connectivity index (χ4n) is 9.35. The zero-order valence-electron chi connectivity index (χ0n) is 31.2. The highest BCUT2D eigenvalue weighted by molar-refractivity contribution is 6.13. The summed E-state index contributed by atoms with van der Waals surface area (Å²) < 4.78 is 11.4. The van der Waals surface area contributed by atoms with Crippen molar-refractivity contribution in [3.05, 3.63) is 199 Å². The van der Waals surface area contributed by atoms with Crippen LogP contribution in [-0.2, 0) is 6.42 Å². The fourth-order valence-corrected chi connectivity index (χ4v) is 9.35. The van der Waals surface area contributed by atoms with E-state index >= 15 is 0 Å². The summed E-state index contributed by atoms with van der Waals surface area (Å²) in [5.41, 5.74) is 17.6. The number of furan rings is 1. The summed E-state index contributed by atoms with van der Waals surface area (Å²) in [6, 6.07) is 66.1. The Morgan fingerprint density at radius 1 is 0.404 bits per heavy atom. The minimum Gasteiger partial charge on any atom is -0.454 e. The number of allylic oxidation sites excluding steroid dienone is 1. The molecule has 1 aliphatic rings. The predicted octanol–water partition coefficient (Wildman–Crippen LogP) is 14.6. The van der Waals surface area contributed by atoms with Crippen molar-refractivity contribution in [1.29, 1.82) is 0 Å². The van der Waals surface area contributed by atoms with Crippen LogP contribution in [0.4, 0.5) is 0 Å². The zero-order chi connectivity index (χ0) is 37.5. The van der Waals surface area contributed by atoms with Crippen molar-refractivity contribution >= 4 is 60.7 Å². The average molecular weight is 729 g/mol. The highest BCUT2D eigenvalue weighted by Gasteiger charge is 2.22.